The molecule has 1 aromatic carbocycles. The van der Waals surface area contributed by atoms with Gasteiger partial charge in [0.2, 0.25) is 5.91 Å². The maximum Gasteiger partial charge on any atom is 0.318 e. The lowest BCUT2D eigenvalue weighted by Crippen LogP contribution is -2.53. The van der Waals surface area contributed by atoms with Crippen LogP contribution < -0.4 is 10.1 Å². The minimum absolute atomic E-state index is 0.0495. The van der Waals surface area contributed by atoms with Crippen molar-refractivity contribution in [3.05, 3.63) is 28.9 Å². The number of methoxy groups -OCH3 is 1. The zero-order valence-electron chi connectivity index (χ0n) is 16.5. The van der Waals surface area contributed by atoms with Crippen molar-refractivity contribution < 1.29 is 14.3 Å². The number of urea groups is 1. The van der Waals surface area contributed by atoms with Crippen LogP contribution in [0.3, 0.4) is 0 Å². The fourth-order valence-electron chi connectivity index (χ4n) is 3.78. The zero-order chi connectivity index (χ0) is 20.3. The highest BCUT2D eigenvalue weighted by Gasteiger charge is 2.28. The van der Waals surface area contributed by atoms with Crippen molar-refractivity contribution in [1.82, 2.24) is 20.1 Å². The second kappa shape index (κ2) is 8.73. The molecule has 7 nitrogen and oxygen atoms in total. The Labute approximate surface area is 170 Å². The van der Waals surface area contributed by atoms with E-state index in [1.807, 2.05) is 34.9 Å². The number of nitrogens with zero attached hydrogens (tertiary/aromatic N) is 2. The van der Waals surface area contributed by atoms with E-state index in [9.17, 15) is 9.59 Å². The van der Waals surface area contributed by atoms with Crippen LogP contribution in [0.5, 0.6) is 5.75 Å². The molecule has 2 heterocycles. The number of H-pyrrole nitrogens is 1. The number of carbonyl (C=O) groups excluding carboxylic acids is 2. The van der Waals surface area contributed by atoms with E-state index in [-0.39, 0.29) is 18.0 Å². The van der Waals surface area contributed by atoms with Crippen molar-refractivity contribution in [2.45, 2.75) is 39.3 Å². The Kier molecular flexibility index (Phi) is 6.34. The quantitative estimate of drug-likeness (QED) is 0.799. The van der Waals surface area contributed by atoms with Gasteiger partial charge >= 0.3 is 6.03 Å². The summed E-state index contributed by atoms with van der Waals surface area (Å²) in [6.07, 6.45) is 1.83. The maximum atomic E-state index is 12.7. The minimum Gasteiger partial charge on any atom is -0.495 e. The normalized spacial score (nSPS) is 16.9. The molecule has 1 fully saturated rings. The van der Waals surface area contributed by atoms with Gasteiger partial charge < -0.3 is 24.8 Å². The number of piperidine rings is 1. The number of rotatable bonds is 5. The number of nitrogens with one attached hydrogen (secondary N) is 2. The largest absolute Gasteiger partial charge is 0.495 e. The number of ether oxygens (including phenoxy) is 1. The van der Waals surface area contributed by atoms with Crippen LogP contribution >= 0.6 is 11.6 Å². The van der Waals surface area contributed by atoms with E-state index in [4.69, 9.17) is 16.3 Å². The first-order valence-corrected chi connectivity index (χ1v) is 9.95. The molecule has 1 saturated heterocycles. The van der Waals surface area contributed by atoms with E-state index in [1.54, 1.807) is 14.0 Å². The average Bonchev–Trinajstić information content (AvgIpc) is 3.08. The van der Waals surface area contributed by atoms with E-state index in [1.165, 1.54) is 0 Å². The van der Waals surface area contributed by atoms with Gasteiger partial charge in [-0.1, -0.05) is 11.6 Å². The molecule has 2 N–H and O–H groups in total. The molecular weight excluding hydrogens is 380 g/mol. The Morgan fingerprint density at radius 1 is 1.39 bits per heavy atom. The smallest absolute Gasteiger partial charge is 0.318 e. The van der Waals surface area contributed by atoms with Crippen LogP contribution in [0.2, 0.25) is 5.02 Å². The number of amides is 3. The van der Waals surface area contributed by atoms with E-state index in [2.05, 4.69) is 10.3 Å². The minimum atomic E-state index is -0.118. The zero-order valence-corrected chi connectivity index (χ0v) is 17.3. The Bertz CT molecular complexity index is 866. The summed E-state index contributed by atoms with van der Waals surface area (Å²) in [6, 6.07) is 5.59. The number of benzene rings is 1. The van der Waals surface area contributed by atoms with Gasteiger partial charge in [-0.25, -0.2) is 4.79 Å². The topological polar surface area (TPSA) is 77.7 Å². The number of hydrogen-bond acceptors (Lipinski definition) is 3. The first-order chi connectivity index (χ1) is 13.4. The SMILES string of the molecule is CCN(C(=O)NCc1cc2cc(Cl)c(OC)cc2[nH]1)[C@@H]1CCCN(C(C)=O)C1. The second-order valence-electron chi connectivity index (χ2n) is 7.07. The average molecular weight is 407 g/mol. The first-order valence-electron chi connectivity index (χ1n) is 9.58. The Hall–Kier alpha value is -2.41. The van der Waals surface area contributed by atoms with Crippen LogP contribution in [0.15, 0.2) is 18.2 Å². The lowest BCUT2D eigenvalue weighted by molar-refractivity contribution is -0.130. The number of hydrogen-bond donors (Lipinski definition) is 2. The molecule has 0 bridgehead atoms. The molecule has 8 heteroatoms. The van der Waals surface area contributed by atoms with Crippen LogP contribution in [0.25, 0.3) is 10.9 Å². The van der Waals surface area contributed by atoms with Crippen molar-refractivity contribution >= 4 is 34.4 Å². The maximum absolute atomic E-state index is 12.7. The van der Waals surface area contributed by atoms with Crippen LogP contribution in [-0.2, 0) is 11.3 Å². The second-order valence-corrected chi connectivity index (χ2v) is 7.48. The molecule has 3 rings (SSSR count). The molecule has 1 aliphatic heterocycles. The summed E-state index contributed by atoms with van der Waals surface area (Å²) in [7, 11) is 1.58. The first kappa shape index (κ1) is 20.3. The highest BCUT2D eigenvalue weighted by atomic mass is 35.5. The predicted molar refractivity (Wildman–Crippen MR) is 110 cm³/mol. The Morgan fingerprint density at radius 2 is 2.18 bits per heavy atom. The lowest BCUT2D eigenvalue weighted by Gasteiger charge is -2.38. The van der Waals surface area contributed by atoms with Crippen LogP contribution in [-0.4, -0.2) is 59.5 Å². The van der Waals surface area contributed by atoms with Crippen molar-refractivity contribution in [2.75, 3.05) is 26.7 Å². The van der Waals surface area contributed by atoms with Crippen LogP contribution in [0, 0.1) is 0 Å². The predicted octanol–water partition coefficient (Wildman–Crippen LogP) is 3.37. The monoisotopic (exact) mass is 406 g/mol. The third-order valence-electron chi connectivity index (χ3n) is 5.26. The molecular formula is C20H27ClN4O3. The number of aromatic amines is 1. The summed E-state index contributed by atoms with van der Waals surface area (Å²) < 4.78 is 5.24. The van der Waals surface area contributed by atoms with Crippen molar-refractivity contribution in [3.8, 4) is 5.75 Å². The molecule has 1 aromatic heterocycles. The molecule has 0 radical (unpaired) electrons. The van der Waals surface area contributed by atoms with Crippen LogP contribution in [0.1, 0.15) is 32.4 Å². The fraction of sp³-hybridized carbons (Fsp3) is 0.500. The van der Waals surface area contributed by atoms with E-state index in [0.717, 1.165) is 36.0 Å². The summed E-state index contributed by atoms with van der Waals surface area (Å²) in [4.78, 5) is 31.3. The highest BCUT2D eigenvalue weighted by Crippen LogP contribution is 2.30. The van der Waals surface area contributed by atoms with E-state index < -0.39 is 0 Å². The van der Waals surface area contributed by atoms with E-state index in [0.29, 0.717) is 30.4 Å². The van der Waals surface area contributed by atoms with Gasteiger partial charge in [0.05, 0.1) is 24.7 Å². The number of likely N-dealkylation sites (tertiary alicyclic amines) is 1. The molecule has 0 spiro atoms. The number of halogens is 1. The third kappa shape index (κ3) is 4.35. The summed E-state index contributed by atoms with van der Waals surface area (Å²) in [5.74, 6) is 0.671. The van der Waals surface area contributed by atoms with Gasteiger partial charge in [-0.05, 0) is 31.9 Å². The molecule has 152 valence electrons. The van der Waals surface area contributed by atoms with E-state index >= 15 is 0 Å². The van der Waals surface area contributed by atoms with Gasteiger partial charge in [0, 0.05) is 49.2 Å². The van der Waals surface area contributed by atoms with Gasteiger partial charge in [-0.3, -0.25) is 4.79 Å². The lowest BCUT2D eigenvalue weighted by atomic mass is 10.0. The fourth-order valence-corrected chi connectivity index (χ4v) is 4.03. The summed E-state index contributed by atoms with van der Waals surface area (Å²) in [5, 5.41) is 4.50. The Balaban J connectivity index is 1.65. The van der Waals surface area contributed by atoms with Gasteiger partial charge in [-0.2, -0.15) is 0 Å². The molecule has 1 aliphatic rings. The Morgan fingerprint density at radius 3 is 2.86 bits per heavy atom. The summed E-state index contributed by atoms with van der Waals surface area (Å²) >= 11 is 6.18. The van der Waals surface area contributed by atoms with Crippen molar-refractivity contribution in [3.63, 3.8) is 0 Å². The number of aromatic nitrogens is 1. The molecule has 0 aliphatic carbocycles. The molecule has 3 amide bonds. The third-order valence-corrected chi connectivity index (χ3v) is 5.56. The van der Waals surface area contributed by atoms with Crippen molar-refractivity contribution in [1.29, 1.82) is 0 Å². The number of fused-ring (bicyclic) bond motifs is 1. The molecule has 1 atom stereocenters. The van der Waals surface area contributed by atoms with Gasteiger partial charge in [-0.15, -0.1) is 0 Å². The molecule has 2 aromatic rings. The standard InChI is InChI=1S/C20H27ClN4O3/c1-4-25(16-6-5-7-24(12-16)13(2)26)20(27)22-11-15-8-14-9-17(21)19(28-3)10-18(14)23-15/h8-10,16,23H,4-7,11-12H2,1-3H3,(H,22,27)/t16-/m1/s1. The van der Waals surface area contributed by atoms with Gasteiger partial charge in [0.1, 0.15) is 5.75 Å². The van der Waals surface area contributed by atoms with Gasteiger partial charge in [0.15, 0.2) is 0 Å². The van der Waals surface area contributed by atoms with Gasteiger partial charge in [0.25, 0.3) is 0 Å². The molecule has 0 unspecified atom stereocenters. The molecule has 28 heavy (non-hydrogen) atoms. The summed E-state index contributed by atoms with van der Waals surface area (Å²) in [5.41, 5.74) is 1.79. The summed E-state index contributed by atoms with van der Waals surface area (Å²) in [6.45, 7) is 5.89. The molecule has 0 saturated carbocycles. The number of carbonyl (C=O) groups is 2. The highest BCUT2D eigenvalue weighted by molar-refractivity contribution is 6.32. The van der Waals surface area contributed by atoms with Crippen molar-refractivity contribution in [2.24, 2.45) is 0 Å². The number of likely N-dealkylation sites (N-methyl/N-ethyl adjacent to an activating group) is 1. The van der Waals surface area contributed by atoms with Crippen LogP contribution in [0.4, 0.5) is 4.79 Å².